The number of alkyl halides is 6. The Morgan fingerprint density at radius 2 is 1.29 bits per heavy atom. The fraction of sp³-hybridized carbons (Fsp3) is 0.778. The zero-order chi connectivity index (χ0) is 16.4. The van der Waals surface area contributed by atoms with Crippen molar-refractivity contribution in [3.8, 4) is 0 Å². The molecule has 6 nitrogen and oxygen atoms in total. The number of piperazine rings is 1. The predicted octanol–water partition coefficient (Wildman–Crippen LogP) is 0.577. The smallest absolute Gasteiger partial charge is 0.434 e. The van der Waals surface area contributed by atoms with Crippen molar-refractivity contribution in [2.45, 2.75) is 18.5 Å². The van der Waals surface area contributed by atoms with E-state index in [0.717, 1.165) is 4.90 Å². The van der Waals surface area contributed by atoms with Gasteiger partial charge in [0, 0.05) is 26.2 Å². The summed E-state index contributed by atoms with van der Waals surface area (Å²) in [4.78, 5) is 23.1. The molecule has 1 rings (SSSR count). The number of halogens is 6. The summed E-state index contributed by atoms with van der Waals surface area (Å²) in [6.07, 6.45) is -19.2. The van der Waals surface area contributed by atoms with Gasteiger partial charge in [-0.2, -0.15) is 26.3 Å². The van der Waals surface area contributed by atoms with Crippen LogP contribution in [-0.2, 0) is 4.74 Å². The molecule has 1 aliphatic rings. The van der Waals surface area contributed by atoms with Crippen LogP contribution in [0.4, 0.5) is 35.9 Å². The van der Waals surface area contributed by atoms with Crippen molar-refractivity contribution in [1.82, 2.24) is 9.80 Å². The van der Waals surface area contributed by atoms with Crippen LogP contribution >= 0.6 is 0 Å². The van der Waals surface area contributed by atoms with E-state index in [-0.39, 0.29) is 13.1 Å². The highest BCUT2D eigenvalue weighted by molar-refractivity contribution is 5.69. The average Bonchev–Trinajstić information content (AvgIpc) is 2.33. The molecule has 0 unspecified atom stereocenters. The molecule has 0 N–H and O–H groups in total. The topological polar surface area (TPSA) is 72.9 Å². The number of hydrogen-bond donors (Lipinski definition) is 0. The van der Waals surface area contributed by atoms with E-state index >= 15 is 0 Å². The number of ether oxygens (including phenoxy) is 1. The number of nitrogens with zero attached hydrogens (tertiary/aromatic N) is 2. The average molecular weight is 323 g/mol. The van der Waals surface area contributed by atoms with E-state index in [1.54, 1.807) is 0 Å². The molecule has 0 saturated carbocycles. The molecule has 0 aliphatic carbocycles. The first kappa shape index (κ1) is 17.2. The van der Waals surface area contributed by atoms with Gasteiger partial charge in [-0.25, -0.2) is 4.79 Å². The molecule has 0 spiro atoms. The Balaban J connectivity index is 2.66. The van der Waals surface area contributed by atoms with Crippen molar-refractivity contribution >= 4 is 12.2 Å². The summed E-state index contributed by atoms with van der Waals surface area (Å²) in [7, 11) is 0. The summed E-state index contributed by atoms with van der Waals surface area (Å²) in [6.45, 7) is -1.37. The van der Waals surface area contributed by atoms with Crippen molar-refractivity contribution in [1.29, 1.82) is 0 Å². The van der Waals surface area contributed by atoms with Crippen molar-refractivity contribution in [2.24, 2.45) is 0 Å². The highest BCUT2D eigenvalue weighted by atomic mass is 19.4. The van der Waals surface area contributed by atoms with Crippen LogP contribution in [0.25, 0.3) is 0 Å². The number of hydrogen-bond acceptors (Lipinski definition) is 4. The van der Waals surface area contributed by atoms with Crippen LogP contribution in [0.5, 0.6) is 0 Å². The van der Waals surface area contributed by atoms with E-state index in [9.17, 15) is 41.0 Å². The number of amides is 2. The molecule has 0 aromatic rings. The molecule has 0 bridgehead atoms. The number of carbonyl (C=O) groups excluding carboxylic acids is 2. The first-order valence-electron chi connectivity index (χ1n) is 5.48. The minimum atomic E-state index is -5.79. The lowest BCUT2D eigenvalue weighted by Gasteiger charge is -2.36. The molecule has 1 heterocycles. The molecular formula is C9H9F6N2O4-. The van der Waals surface area contributed by atoms with Gasteiger partial charge in [-0.15, -0.1) is 0 Å². The maximum Gasteiger partial charge on any atom is 0.434 e. The number of carboxylic acid groups (broad SMARTS) is 1. The van der Waals surface area contributed by atoms with Gasteiger partial charge in [-0.3, -0.25) is 0 Å². The molecule has 1 aliphatic heterocycles. The van der Waals surface area contributed by atoms with Gasteiger partial charge in [0.2, 0.25) is 0 Å². The Bertz CT molecular complexity index is 388. The standard InChI is InChI=1S/C9H10F6N2O4/c10-8(11,12)5(9(13,14)15)21-7(20)17-3-1-16(2-4-17)6(18)19/h5H,1-4H2,(H,18,19)/p-1. The molecule has 21 heavy (non-hydrogen) atoms. The summed E-state index contributed by atoms with van der Waals surface area (Å²) in [5.41, 5.74) is 0. The van der Waals surface area contributed by atoms with E-state index in [2.05, 4.69) is 4.74 Å². The molecular weight excluding hydrogens is 314 g/mol. The molecule has 12 heteroatoms. The number of carbonyl (C=O) groups is 2. The monoisotopic (exact) mass is 323 g/mol. The third kappa shape index (κ3) is 4.56. The Kier molecular flexibility index (Phi) is 4.79. The third-order valence-electron chi connectivity index (χ3n) is 2.61. The molecule has 0 aromatic heterocycles. The van der Waals surface area contributed by atoms with Crippen LogP contribution in [0.2, 0.25) is 0 Å². The zero-order valence-electron chi connectivity index (χ0n) is 10.2. The first-order valence-corrected chi connectivity index (χ1v) is 5.48. The van der Waals surface area contributed by atoms with E-state index in [1.807, 2.05) is 0 Å². The third-order valence-corrected chi connectivity index (χ3v) is 2.61. The largest absolute Gasteiger partial charge is 0.530 e. The summed E-state index contributed by atoms with van der Waals surface area (Å²) in [6, 6.07) is 0. The summed E-state index contributed by atoms with van der Waals surface area (Å²) < 4.78 is 76.7. The Morgan fingerprint density at radius 3 is 1.62 bits per heavy atom. The molecule has 2 amide bonds. The highest BCUT2D eigenvalue weighted by Crippen LogP contribution is 2.36. The van der Waals surface area contributed by atoms with Gasteiger partial charge in [0.25, 0.3) is 6.10 Å². The van der Waals surface area contributed by atoms with Gasteiger partial charge < -0.3 is 24.4 Å². The molecule has 0 radical (unpaired) electrons. The zero-order valence-corrected chi connectivity index (χ0v) is 10.2. The summed E-state index contributed by atoms with van der Waals surface area (Å²) in [5, 5.41) is 10.5. The van der Waals surface area contributed by atoms with E-state index in [4.69, 9.17) is 0 Å². The molecule has 1 saturated heterocycles. The normalized spacial score (nSPS) is 17.1. The van der Waals surface area contributed by atoms with Crippen LogP contribution < -0.4 is 5.11 Å². The summed E-state index contributed by atoms with van der Waals surface area (Å²) >= 11 is 0. The maximum absolute atomic E-state index is 12.2. The first-order chi connectivity index (χ1) is 9.43. The van der Waals surface area contributed by atoms with E-state index in [1.165, 1.54) is 0 Å². The minimum absolute atomic E-state index is 0.292. The SMILES string of the molecule is O=C([O-])N1CCN(C(=O)OC(C(F)(F)F)C(F)(F)F)CC1. The van der Waals surface area contributed by atoms with E-state index < -0.39 is 43.7 Å². The van der Waals surface area contributed by atoms with Gasteiger partial charge in [0.05, 0.1) is 0 Å². The Morgan fingerprint density at radius 1 is 0.905 bits per heavy atom. The summed E-state index contributed by atoms with van der Waals surface area (Å²) in [5.74, 6) is 0. The molecule has 122 valence electrons. The fourth-order valence-electron chi connectivity index (χ4n) is 1.57. The molecule has 0 atom stereocenters. The van der Waals surface area contributed by atoms with Gasteiger partial charge in [-0.1, -0.05) is 0 Å². The van der Waals surface area contributed by atoms with Gasteiger partial charge >= 0.3 is 18.4 Å². The quantitative estimate of drug-likeness (QED) is 0.662. The fourth-order valence-corrected chi connectivity index (χ4v) is 1.57. The van der Waals surface area contributed by atoms with Crippen LogP contribution in [0.1, 0.15) is 0 Å². The van der Waals surface area contributed by atoms with Crippen molar-refractivity contribution in [2.75, 3.05) is 26.2 Å². The lowest BCUT2D eigenvalue weighted by Crippen LogP contribution is -2.55. The van der Waals surface area contributed by atoms with Crippen molar-refractivity contribution in [3.63, 3.8) is 0 Å². The van der Waals surface area contributed by atoms with Gasteiger partial charge in [0.15, 0.2) is 0 Å². The maximum atomic E-state index is 12.2. The Labute approximate surface area is 113 Å². The van der Waals surface area contributed by atoms with Crippen LogP contribution in [-0.4, -0.2) is 66.6 Å². The van der Waals surface area contributed by atoms with Crippen LogP contribution in [0, 0.1) is 0 Å². The lowest BCUT2D eigenvalue weighted by molar-refractivity contribution is -0.308. The second kappa shape index (κ2) is 5.85. The second-order valence-corrected chi connectivity index (χ2v) is 4.09. The Hall–Kier alpha value is -1.88. The van der Waals surface area contributed by atoms with Crippen LogP contribution in [0.15, 0.2) is 0 Å². The predicted molar refractivity (Wildman–Crippen MR) is 50.9 cm³/mol. The second-order valence-electron chi connectivity index (χ2n) is 4.09. The lowest BCUT2D eigenvalue weighted by atomic mass is 10.3. The van der Waals surface area contributed by atoms with Crippen molar-refractivity contribution in [3.05, 3.63) is 0 Å². The van der Waals surface area contributed by atoms with Crippen LogP contribution in [0.3, 0.4) is 0 Å². The molecule has 1 fully saturated rings. The van der Waals surface area contributed by atoms with Gasteiger partial charge in [-0.05, 0) is 0 Å². The van der Waals surface area contributed by atoms with Gasteiger partial charge in [0.1, 0.15) is 6.09 Å². The highest BCUT2D eigenvalue weighted by Gasteiger charge is 2.60. The molecule has 0 aromatic carbocycles. The minimum Gasteiger partial charge on any atom is -0.530 e. The van der Waals surface area contributed by atoms with Crippen molar-refractivity contribution < 1.29 is 45.8 Å². The number of rotatable bonds is 1. The van der Waals surface area contributed by atoms with E-state index in [0.29, 0.717) is 4.90 Å².